The Balaban J connectivity index is 2.87. The molecule has 1 aromatic rings. The normalized spacial score (nSPS) is 14.1. The quantitative estimate of drug-likeness (QED) is 0.798. The molecule has 0 saturated carbocycles. The van der Waals surface area contributed by atoms with E-state index in [4.69, 9.17) is 10.2 Å². The van der Waals surface area contributed by atoms with Crippen molar-refractivity contribution in [2.45, 2.75) is 19.3 Å². The van der Waals surface area contributed by atoms with Crippen molar-refractivity contribution in [3.8, 4) is 0 Å². The largest absolute Gasteiger partial charge is 0.481 e. The van der Waals surface area contributed by atoms with Crippen molar-refractivity contribution in [1.82, 2.24) is 0 Å². The molecule has 0 spiro atoms. The standard InChI is InChI=1S/C12H14O4/c1-8(9-5-3-2-4-6-9)10(12(15)16)7-11(13)14/h2-6,8,10H,7H2,1H3,(H,13,14)(H,15,16)/t8?,10-/m0/s1. The van der Waals surface area contributed by atoms with Crippen molar-refractivity contribution in [1.29, 1.82) is 0 Å². The predicted octanol–water partition coefficient (Wildman–Crippen LogP) is 1.97. The number of hydrogen-bond donors (Lipinski definition) is 2. The van der Waals surface area contributed by atoms with Crippen LogP contribution in [0.1, 0.15) is 24.8 Å². The minimum absolute atomic E-state index is 0.310. The third-order valence-corrected chi connectivity index (χ3v) is 2.64. The number of benzene rings is 1. The fourth-order valence-corrected chi connectivity index (χ4v) is 1.65. The molecule has 0 aliphatic carbocycles. The minimum atomic E-state index is -1.09. The lowest BCUT2D eigenvalue weighted by atomic mass is 9.85. The van der Waals surface area contributed by atoms with Gasteiger partial charge in [-0.15, -0.1) is 0 Å². The fourth-order valence-electron chi connectivity index (χ4n) is 1.65. The molecule has 1 aromatic carbocycles. The SMILES string of the molecule is CC(c1ccccc1)[C@H](CC(=O)O)C(=O)O. The first-order valence-electron chi connectivity index (χ1n) is 5.02. The number of carboxylic acids is 2. The molecule has 16 heavy (non-hydrogen) atoms. The van der Waals surface area contributed by atoms with Crippen LogP contribution in [-0.2, 0) is 9.59 Å². The maximum absolute atomic E-state index is 11.0. The van der Waals surface area contributed by atoms with Gasteiger partial charge in [-0.1, -0.05) is 37.3 Å². The van der Waals surface area contributed by atoms with Gasteiger partial charge in [0.15, 0.2) is 0 Å². The average molecular weight is 222 g/mol. The highest BCUT2D eigenvalue weighted by atomic mass is 16.4. The number of rotatable bonds is 5. The van der Waals surface area contributed by atoms with Crippen LogP contribution in [0.15, 0.2) is 30.3 Å². The summed E-state index contributed by atoms with van der Waals surface area (Å²) in [6.07, 6.45) is -0.356. The molecule has 0 aliphatic rings. The van der Waals surface area contributed by atoms with Crippen molar-refractivity contribution >= 4 is 11.9 Å². The van der Waals surface area contributed by atoms with Crippen LogP contribution in [0.4, 0.5) is 0 Å². The minimum Gasteiger partial charge on any atom is -0.481 e. The molecular weight excluding hydrogens is 208 g/mol. The zero-order valence-electron chi connectivity index (χ0n) is 8.96. The zero-order chi connectivity index (χ0) is 12.1. The van der Waals surface area contributed by atoms with E-state index >= 15 is 0 Å². The Labute approximate surface area is 93.5 Å². The van der Waals surface area contributed by atoms with Crippen LogP contribution in [0.5, 0.6) is 0 Å². The predicted molar refractivity (Wildman–Crippen MR) is 58.2 cm³/mol. The second-order valence-corrected chi connectivity index (χ2v) is 3.74. The van der Waals surface area contributed by atoms with E-state index in [1.165, 1.54) is 0 Å². The highest BCUT2D eigenvalue weighted by molar-refractivity contribution is 5.78. The Morgan fingerprint density at radius 2 is 1.75 bits per heavy atom. The van der Waals surface area contributed by atoms with Gasteiger partial charge in [0.2, 0.25) is 0 Å². The van der Waals surface area contributed by atoms with Crippen molar-refractivity contribution in [3.63, 3.8) is 0 Å². The Hall–Kier alpha value is -1.84. The van der Waals surface area contributed by atoms with E-state index < -0.39 is 17.9 Å². The van der Waals surface area contributed by atoms with Crippen LogP contribution in [0, 0.1) is 5.92 Å². The Kier molecular flexibility index (Phi) is 4.05. The molecule has 2 atom stereocenters. The van der Waals surface area contributed by atoms with Crippen LogP contribution < -0.4 is 0 Å². The third-order valence-electron chi connectivity index (χ3n) is 2.64. The summed E-state index contributed by atoms with van der Waals surface area (Å²) in [7, 11) is 0. The number of carboxylic acid groups (broad SMARTS) is 2. The summed E-state index contributed by atoms with van der Waals surface area (Å²) in [5, 5.41) is 17.7. The van der Waals surface area contributed by atoms with Gasteiger partial charge in [-0.3, -0.25) is 9.59 Å². The zero-order valence-corrected chi connectivity index (χ0v) is 8.96. The van der Waals surface area contributed by atoms with Gasteiger partial charge in [0.1, 0.15) is 0 Å². The molecule has 0 amide bonds. The third kappa shape index (κ3) is 3.08. The summed E-state index contributed by atoms with van der Waals surface area (Å²) in [5.41, 5.74) is 0.844. The van der Waals surface area contributed by atoms with Gasteiger partial charge in [-0.2, -0.15) is 0 Å². The summed E-state index contributed by atoms with van der Waals surface area (Å²) < 4.78 is 0. The van der Waals surface area contributed by atoms with Crippen LogP contribution >= 0.6 is 0 Å². The van der Waals surface area contributed by atoms with Crippen molar-refractivity contribution in [3.05, 3.63) is 35.9 Å². The molecule has 0 bridgehead atoms. The average Bonchev–Trinajstić information content (AvgIpc) is 2.25. The molecule has 1 rings (SSSR count). The van der Waals surface area contributed by atoms with E-state index in [1.807, 2.05) is 30.3 Å². The van der Waals surface area contributed by atoms with Crippen molar-refractivity contribution in [2.24, 2.45) is 5.92 Å². The highest BCUT2D eigenvalue weighted by Gasteiger charge is 2.28. The molecule has 4 heteroatoms. The molecule has 0 saturated heterocycles. The van der Waals surface area contributed by atoms with Gasteiger partial charge in [0, 0.05) is 0 Å². The second-order valence-electron chi connectivity index (χ2n) is 3.74. The molecule has 0 heterocycles. The Morgan fingerprint density at radius 1 is 1.19 bits per heavy atom. The van der Waals surface area contributed by atoms with Gasteiger partial charge < -0.3 is 10.2 Å². The van der Waals surface area contributed by atoms with E-state index in [9.17, 15) is 9.59 Å². The van der Waals surface area contributed by atoms with Gasteiger partial charge in [-0.05, 0) is 11.5 Å². The molecule has 4 nitrogen and oxygen atoms in total. The van der Waals surface area contributed by atoms with Gasteiger partial charge in [0.25, 0.3) is 0 Å². The van der Waals surface area contributed by atoms with E-state index in [0.717, 1.165) is 5.56 Å². The van der Waals surface area contributed by atoms with Crippen LogP contribution in [-0.4, -0.2) is 22.2 Å². The second kappa shape index (κ2) is 5.30. The van der Waals surface area contributed by atoms with Crippen LogP contribution in [0.25, 0.3) is 0 Å². The van der Waals surface area contributed by atoms with Crippen molar-refractivity contribution < 1.29 is 19.8 Å². The van der Waals surface area contributed by atoms with Gasteiger partial charge in [-0.25, -0.2) is 0 Å². The number of aliphatic carboxylic acids is 2. The molecule has 86 valence electrons. The summed E-state index contributed by atoms with van der Waals surface area (Å²) in [5.74, 6) is -3.36. The first-order valence-corrected chi connectivity index (χ1v) is 5.02. The topological polar surface area (TPSA) is 74.6 Å². The van der Waals surface area contributed by atoms with Crippen molar-refractivity contribution in [2.75, 3.05) is 0 Å². The van der Waals surface area contributed by atoms with Crippen LogP contribution in [0.2, 0.25) is 0 Å². The maximum Gasteiger partial charge on any atom is 0.307 e. The molecule has 2 N–H and O–H groups in total. The van der Waals surface area contributed by atoms with Gasteiger partial charge >= 0.3 is 11.9 Å². The highest BCUT2D eigenvalue weighted by Crippen LogP contribution is 2.26. The monoisotopic (exact) mass is 222 g/mol. The summed E-state index contributed by atoms with van der Waals surface area (Å²) in [6.45, 7) is 1.73. The lowest BCUT2D eigenvalue weighted by Gasteiger charge is -2.18. The van der Waals surface area contributed by atoms with Gasteiger partial charge in [0.05, 0.1) is 12.3 Å². The van der Waals surface area contributed by atoms with E-state index in [-0.39, 0.29) is 12.3 Å². The summed E-state index contributed by atoms with van der Waals surface area (Å²) in [4.78, 5) is 21.6. The summed E-state index contributed by atoms with van der Waals surface area (Å²) >= 11 is 0. The fraction of sp³-hybridized carbons (Fsp3) is 0.333. The first-order chi connectivity index (χ1) is 7.52. The molecule has 0 fully saturated rings. The first kappa shape index (κ1) is 12.2. The van der Waals surface area contributed by atoms with E-state index in [1.54, 1.807) is 6.92 Å². The number of hydrogen-bond acceptors (Lipinski definition) is 2. The maximum atomic E-state index is 11.0. The van der Waals surface area contributed by atoms with Crippen LogP contribution in [0.3, 0.4) is 0 Å². The Morgan fingerprint density at radius 3 is 2.19 bits per heavy atom. The molecule has 0 aliphatic heterocycles. The molecule has 0 radical (unpaired) electrons. The Bertz CT molecular complexity index is 372. The molecule has 1 unspecified atom stereocenters. The molecular formula is C12H14O4. The smallest absolute Gasteiger partial charge is 0.307 e. The van der Waals surface area contributed by atoms with E-state index in [0.29, 0.717) is 0 Å². The lowest BCUT2D eigenvalue weighted by molar-refractivity contribution is -0.149. The van der Waals surface area contributed by atoms with E-state index in [2.05, 4.69) is 0 Å². The number of carbonyl (C=O) groups is 2. The molecule has 0 aromatic heterocycles. The summed E-state index contributed by atoms with van der Waals surface area (Å²) in [6, 6.07) is 9.07. The lowest BCUT2D eigenvalue weighted by Crippen LogP contribution is -2.23.